The molecule has 0 radical (unpaired) electrons. The summed E-state index contributed by atoms with van der Waals surface area (Å²) in [4.78, 5) is 0. The molecule has 2 rings (SSSR count). The van der Waals surface area contributed by atoms with Gasteiger partial charge in [0.05, 0.1) is 18.3 Å². The fourth-order valence-electron chi connectivity index (χ4n) is 1.46. The molecule has 0 aliphatic rings. The lowest BCUT2D eigenvalue weighted by Gasteiger charge is -2.06. The third-order valence-corrected chi connectivity index (χ3v) is 2.74. The second-order valence-corrected chi connectivity index (χ2v) is 4.75. The predicted octanol–water partition coefficient (Wildman–Crippen LogP) is 1.99. The van der Waals surface area contributed by atoms with Crippen molar-refractivity contribution in [2.24, 2.45) is 5.73 Å². The van der Waals surface area contributed by atoms with Gasteiger partial charge >= 0.3 is 0 Å². The standard InChI is InChI=1S/C10H12IN3/c1-7(12)6-14-10-4-9(11)3-2-8(10)5-13-14/h2-5,7H,6,12H2,1H3/t7-/m0/s1. The summed E-state index contributed by atoms with van der Waals surface area (Å²) in [5.41, 5.74) is 6.91. The fourth-order valence-corrected chi connectivity index (χ4v) is 1.94. The number of fused-ring (bicyclic) bond motifs is 1. The zero-order valence-corrected chi connectivity index (χ0v) is 10.1. The molecule has 0 bridgehead atoms. The Morgan fingerprint density at radius 2 is 2.36 bits per heavy atom. The van der Waals surface area contributed by atoms with Crippen LogP contribution < -0.4 is 5.73 Å². The van der Waals surface area contributed by atoms with Crippen molar-refractivity contribution < 1.29 is 0 Å². The molecule has 0 amide bonds. The van der Waals surface area contributed by atoms with E-state index in [1.54, 1.807) is 0 Å². The molecule has 0 fully saturated rings. The summed E-state index contributed by atoms with van der Waals surface area (Å²) in [5, 5.41) is 5.48. The van der Waals surface area contributed by atoms with E-state index in [0.717, 1.165) is 12.1 Å². The predicted molar refractivity (Wildman–Crippen MR) is 66.1 cm³/mol. The highest BCUT2D eigenvalue weighted by Crippen LogP contribution is 2.17. The van der Waals surface area contributed by atoms with Crippen LogP contribution in [0.1, 0.15) is 6.92 Å². The number of halogens is 1. The Balaban J connectivity index is 2.50. The lowest BCUT2D eigenvalue weighted by atomic mass is 10.2. The van der Waals surface area contributed by atoms with Gasteiger partial charge in [-0.2, -0.15) is 5.10 Å². The first-order chi connectivity index (χ1) is 6.66. The van der Waals surface area contributed by atoms with Crippen molar-refractivity contribution in [3.63, 3.8) is 0 Å². The van der Waals surface area contributed by atoms with Gasteiger partial charge in [0.15, 0.2) is 0 Å². The fraction of sp³-hybridized carbons (Fsp3) is 0.300. The van der Waals surface area contributed by atoms with E-state index < -0.39 is 0 Å². The molecule has 0 aliphatic heterocycles. The van der Waals surface area contributed by atoms with E-state index in [2.05, 4.69) is 45.9 Å². The molecular weight excluding hydrogens is 289 g/mol. The summed E-state index contributed by atoms with van der Waals surface area (Å²) in [6.45, 7) is 2.75. The van der Waals surface area contributed by atoms with Crippen LogP contribution in [-0.2, 0) is 6.54 Å². The number of aromatic nitrogens is 2. The van der Waals surface area contributed by atoms with Crippen molar-refractivity contribution in [3.05, 3.63) is 28.0 Å². The summed E-state index contributed by atoms with van der Waals surface area (Å²) in [5.74, 6) is 0. The van der Waals surface area contributed by atoms with Gasteiger partial charge < -0.3 is 5.73 Å². The summed E-state index contributed by atoms with van der Waals surface area (Å²) in [6, 6.07) is 6.43. The summed E-state index contributed by atoms with van der Waals surface area (Å²) >= 11 is 2.30. The summed E-state index contributed by atoms with van der Waals surface area (Å²) in [6.07, 6.45) is 1.88. The van der Waals surface area contributed by atoms with Crippen molar-refractivity contribution in [1.29, 1.82) is 0 Å². The van der Waals surface area contributed by atoms with Crippen LogP contribution in [0.5, 0.6) is 0 Å². The maximum absolute atomic E-state index is 5.75. The second kappa shape index (κ2) is 3.86. The van der Waals surface area contributed by atoms with E-state index >= 15 is 0 Å². The van der Waals surface area contributed by atoms with Gasteiger partial charge in [-0.1, -0.05) is 6.07 Å². The van der Waals surface area contributed by atoms with Gasteiger partial charge in [-0.05, 0) is 41.6 Å². The molecule has 3 nitrogen and oxygen atoms in total. The Bertz CT molecular complexity index is 448. The second-order valence-electron chi connectivity index (χ2n) is 3.51. The van der Waals surface area contributed by atoms with E-state index in [1.807, 2.05) is 17.8 Å². The Hall–Kier alpha value is -0.620. The smallest absolute Gasteiger partial charge is 0.0693 e. The number of rotatable bonds is 2. The lowest BCUT2D eigenvalue weighted by Crippen LogP contribution is -2.22. The molecule has 0 unspecified atom stereocenters. The minimum absolute atomic E-state index is 0.135. The van der Waals surface area contributed by atoms with Crippen LogP contribution in [0.3, 0.4) is 0 Å². The van der Waals surface area contributed by atoms with E-state index in [9.17, 15) is 0 Å². The van der Waals surface area contributed by atoms with Crippen molar-refractivity contribution in [2.75, 3.05) is 0 Å². The molecule has 1 aromatic heterocycles. The van der Waals surface area contributed by atoms with Crippen LogP contribution in [0.2, 0.25) is 0 Å². The average Bonchev–Trinajstić information content (AvgIpc) is 2.47. The molecule has 1 atom stereocenters. The summed E-state index contributed by atoms with van der Waals surface area (Å²) in [7, 11) is 0. The van der Waals surface area contributed by atoms with Crippen LogP contribution >= 0.6 is 22.6 Å². The molecule has 1 aromatic carbocycles. The molecule has 4 heteroatoms. The maximum Gasteiger partial charge on any atom is 0.0693 e. The Labute approximate surface area is 96.4 Å². The van der Waals surface area contributed by atoms with Crippen LogP contribution in [-0.4, -0.2) is 15.8 Å². The van der Waals surface area contributed by atoms with E-state index in [0.29, 0.717) is 0 Å². The van der Waals surface area contributed by atoms with Crippen LogP contribution in [0, 0.1) is 3.57 Å². The number of nitrogens with zero attached hydrogens (tertiary/aromatic N) is 2. The monoisotopic (exact) mass is 301 g/mol. The van der Waals surface area contributed by atoms with E-state index in [-0.39, 0.29) is 6.04 Å². The molecule has 0 aliphatic carbocycles. The van der Waals surface area contributed by atoms with Gasteiger partial charge in [0, 0.05) is 15.0 Å². The highest BCUT2D eigenvalue weighted by Gasteiger charge is 2.04. The molecule has 74 valence electrons. The highest BCUT2D eigenvalue weighted by atomic mass is 127. The van der Waals surface area contributed by atoms with Gasteiger partial charge in [-0.15, -0.1) is 0 Å². The molecule has 0 saturated carbocycles. The quantitative estimate of drug-likeness (QED) is 0.862. The normalized spacial score (nSPS) is 13.4. The van der Waals surface area contributed by atoms with Crippen molar-refractivity contribution in [2.45, 2.75) is 19.5 Å². The number of nitrogens with two attached hydrogens (primary N) is 1. The molecule has 2 N–H and O–H groups in total. The summed E-state index contributed by atoms with van der Waals surface area (Å²) < 4.78 is 3.18. The number of hydrogen-bond donors (Lipinski definition) is 1. The van der Waals surface area contributed by atoms with Crippen LogP contribution in [0.15, 0.2) is 24.4 Å². The molecule has 0 spiro atoms. The van der Waals surface area contributed by atoms with Crippen LogP contribution in [0.4, 0.5) is 0 Å². The largest absolute Gasteiger partial charge is 0.326 e. The lowest BCUT2D eigenvalue weighted by molar-refractivity contribution is 0.553. The Morgan fingerprint density at radius 3 is 3.07 bits per heavy atom. The molecule has 2 aromatic rings. The molecule has 14 heavy (non-hydrogen) atoms. The first-order valence-corrected chi connectivity index (χ1v) is 5.61. The zero-order chi connectivity index (χ0) is 10.1. The highest BCUT2D eigenvalue weighted by molar-refractivity contribution is 14.1. The SMILES string of the molecule is C[C@H](N)Cn1ncc2ccc(I)cc21. The Kier molecular flexibility index (Phi) is 2.73. The van der Waals surface area contributed by atoms with E-state index in [4.69, 9.17) is 5.73 Å². The average molecular weight is 301 g/mol. The van der Waals surface area contributed by atoms with Crippen molar-refractivity contribution in [3.8, 4) is 0 Å². The zero-order valence-electron chi connectivity index (χ0n) is 7.94. The van der Waals surface area contributed by atoms with Crippen molar-refractivity contribution >= 4 is 33.5 Å². The van der Waals surface area contributed by atoms with E-state index in [1.165, 1.54) is 8.96 Å². The molecule has 1 heterocycles. The minimum Gasteiger partial charge on any atom is -0.326 e. The Morgan fingerprint density at radius 1 is 1.57 bits per heavy atom. The molecular formula is C10H12IN3. The number of benzene rings is 1. The first-order valence-electron chi connectivity index (χ1n) is 4.53. The van der Waals surface area contributed by atoms with Gasteiger partial charge in [0.1, 0.15) is 0 Å². The number of hydrogen-bond acceptors (Lipinski definition) is 2. The van der Waals surface area contributed by atoms with Crippen molar-refractivity contribution in [1.82, 2.24) is 9.78 Å². The third kappa shape index (κ3) is 1.90. The van der Waals surface area contributed by atoms with Gasteiger partial charge in [0.2, 0.25) is 0 Å². The van der Waals surface area contributed by atoms with Gasteiger partial charge in [-0.25, -0.2) is 0 Å². The van der Waals surface area contributed by atoms with Crippen LogP contribution in [0.25, 0.3) is 10.9 Å². The topological polar surface area (TPSA) is 43.8 Å². The van der Waals surface area contributed by atoms with Gasteiger partial charge in [-0.3, -0.25) is 4.68 Å². The first kappa shape index (κ1) is 9.92. The third-order valence-electron chi connectivity index (χ3n) is 2.07. The maximum atomic E-state index is 5.75. The minimum atomic E-state index is 0.135. The van der Waals surface area contributed by atoms with Gasteiger partial charge in [0.25, 0.3) is 0 Å². The molecule has 0 saturated heterocycles.